The molecular formula is C16H17NO. The summed E-state index contributed by atoms with van der Waals surface area (Å²) in [5.41, 5.74) is 2.23. The van der Waals surface area contributed by atoms with Crippen LogP contribution in [0.5, 0.6) is 5.75 Å². The third-order valence-corrected chi connectivity index (χ3v) is 2.87. The molecule has 0 heterocycles. The predicted molar refractivity (Wildman–Crippen MR) is 75.2 cm³/mol. The van der Waals surface area contributed by atoms with E-state index in [1.807, 2.05) is 36.5 Å². The molecule has 18 heavy (non-hydrogen) atoms. The maximum Gasteiger partial charge on any atom is 0.115 e. The molecule has 2 aromatic rings. The minimum absolute atomic E-state index is 0.194. The van der Waals surface area contributed by atoms with E-state index < -0.39 is 0 Å². The van der Waals surface area contributed by atoms with E-state index in [1.54, 1.807) is 12.1 Å². The second-order valence-electron chi connectivity index (χ2n) is 4.20. The van der Waals surface area contributed by atoms with Crippen LogP contribution in [0.2, 0.25) is 0 Å². The zero-order valence-electron chi connectivity index (χ0n) is 10.5. The van der Waals surface area contributed by atoms with Gasteiger partial charge < -0.3 is 5.11 Å². The Morgan fingerprint density at radius 1 is 1.06 bits per heavy atom. The van der Waals surface area contributed by atoms with Crippen molar-refractivity contribution in [3.05, 3.63) is 65.7 Å². The topological polar surface area (TPSA) is 32.6 Å². The lowest BCUT2D eigenvalue weighted by Gasteiger charge is -2.09. The normalized spacial score (nSPS) is 12.7. The van der Waals surface area contributed by atoms with E-state index in [9.17, 15) is 5.11 Å². The Kier molecular flexibility index (Phi) is 4.13. The van der Waals surface area contributed by atoms with Gasteiger partial charge in [-0.15, -0.1) is 0 Å². The van der Waals surface area contributed by atoms with Crippen LogP contribution in [-0.2, 0) is 0 Å². The molecule has 0 aliphatic rings. The largest absolute Gasteiger partial charge is 0.508 e. The fraction of sp³-hybridized carbons (Fsp3) is 0.188. The van der Waals surface area contributed by atoms with E-state index in [0.29, 0.717) is 0 Å². The van der Waals surface area contributed by atoms with E-state index in [2.05, 4.69) is 24.0 Å². The fourth-order valence-electron chi connectivity index (χ4n) is 1.84. The molecule has 1 atom stereocenters. The van der Waals surface area contributed by atoms with E-state index in [-0.39, 0.29) is 11.8 Å². The number of aliphatic imine (C=N–C) groups is 1. The molecule has 0 aliphatic carbocycles. The van der Waals surface area contributed by atoms with E-state index >= 15 is 0 Å². The van der Waals surface area contributed by atoms with Crippen LogP contribution in [0.25, 0.3) is 0 Å². The lowest BCUT2D eigenvalue weighted by Crippen LogP contribution is -1.94. The molecule has 0 aliphatic heterocycles. The van der Waals surface area contributed by atoms with Gasteiger partial charge in [-0.05, 0) is 41.8 Å². The van der Waals surface area contributed by atoms with Crippen molar-refractivity contribution in [2.75, 3.05) is 0 Å². The summed E-state index contributed by atoms with van der Waals surface area (Å²) in [4.78, 5) is 4.61. The van der Waals surface area contributed by atoms with E-state index in [4.69, 9.17) is 0 Å². The number of benzene rings is 2. The SMILES string of the molecule is CCC(N=Cc1ccc(O)cc1)c1ccccc1. The summed E-state index contributed by atoms with van der Waals surface area (Å²) in [5.74, 6) is 0.280. The van der Waals surface area contributed by atoms with Crippen LogP contribution < -0.4 is 0 Å². The van der Waals surface area contributed by atoms with Gasteiger partial charge in [-0.25, -0.2) is 0 Å². The maximum atomic E-state index is 9.21. The Bertz CT molecular complexity index is 502. The summed E-state index contributed by atoms with van der Waals surface area (Å²) >= 11 is 0. The van der Waals surface area contributed by atoms with E-state index in [0.717, 1.165) is 12.0 Å². The Morgan fingerprint density at radius 2 is 1.72 bits per heavy atom. The Balaban J connectivity index is 2.13. The average molecular weight is 239 g/mol. The summed E-state index contributed by atoms with van der Waals surface area (Å²) in [7, 11) is 0. The van der Waals surface area contributed by atoms with Gasteiger partial charge >= 0.3 is 0 Å². The first-order valence-corrected chi connectivity index (χ1v) is 6.16. The van der Waals surface area contributed by atoms with Crippen molar-refractivity contribution in [3.8, 4) is 5.75 Å². The average Bonchev–Trinajstić information content (AvgIpc) is 2.43. The van der Waals surface area contributed by atoms with Crippen LogP contribution in [0.1, 0.15) is 30.5 Å². The van der Waals surface area contributed by atoms with Crippen LogP contribution in [-0.4, -0.2) is 11.3 Å². The molecule has 2 heteroatoms. The highest BCUT2D eigenvalue weighted by Crippen LogP contribution is 2.20. The summed E-state index contributed by atoms with van der Waals surface area (Å²) in [6.07, 6.45) is 2.83. The predicted octanol–water partition coefficient (Wildman–Crippen LogP) is 3.96. The van der Waals surface area contributed by atoms with Crippen LogP contribution >= 0.6 is 0 Å². The number of phenols is 1. The number of nitrogens with zero attached hydrogens (tertiary/aromatic N) is 1. The highest BCUT2D eigenvalue weighted by molar-refractivity contribution is 5.79. The molecule has 1 unspecified atom stereocenters. The molecule has 2 aromatic carbocycles. The third-order valence-electron chi connectivity index (χ3n) is 2.87. The lowest BCUT2D eigenvalue weighted by atomic mass is 10.1. The van der Waals surface area contributed by atoms with Crippen molar-refractivity contribution in [3.63, 3.8) is 0 Å². The summed E-state index contributed by atoms with van der Waals surface area (Å²) in [6, 6.07) is 17.5. The van der Waals surface area contributed by atoms with Crippen LogP contribution in [0.4, 0.5) is 0 Å². The number of phenolic OH excluding ortho intramolecular Hbond substituents is 1. The Morgan fingerprint density at radius 3 is 2.33 bits per heavy atom. The van der Waals surface area contributed by atoms with E-state index in [1.165, 1.54) is 5.56 Å². The molecule has 92 valence electrons. The minimum atomic E-state index is 0.194. The van der Waals surface area contributed by atoms with Gasteiger partial charge in [0.25, 0.3) is 0 Å². The summed E-state index contributed by atoms with van der Waals surface area (Å²) < 4.78 is 0. The number of aromatic hydroxyl groups is 1. The van der Waals surface area contributed by atoms with Crippen molar-refractivity contribution in [2.45, 2.75) is 19.4 Å². The first-order valence-electron chi connectivity index (χ1n) is 6.16. The summed E-state index contributed by atoms with van der Waals surface area (Å²) in [6.45, 7) is 2.13. The molecule has 0 radical (unpaired) electrons. The molecule has 2 nitrogen and oxygen atoms in total. The molecule has 0 saturated heterocycles. The van der Waals surface area contributed by atoms with Crippen molar-refractivity contribution >= 4 is 6.21 Å². The molecule has 0 fully saturated rings. The molecule has 0 bridgehead atoms. The Hall–Kier alpha value is -2.09. The van der Waals surface area contributed by atoms with Crippen molar-refractivity contribution in [1.29, 1.82) is 0 Å². The van der Waals surface area contributed by atoms with Gasteiger partial charge in [0.05, 0.1) is 6.04 Å². The van der Waals surface area contributed by atoms with Crippen molar-refractivity contribution < 1.29 is 5.11 Å². The second kappa shape index (κ2) is 6.01. The minimum Gasteiger partial charge on any atom is -0.508 e. The van der Waals surface area contributed by atoms with Crippen LogP contribution in [0.3, 0.4) is 0 Å². The van der Waals surface area contributed by atoms with Gasteiger partial charge in [0.1, 0.15) is 5.75 Å². The molecule has 2 rings (SSSR count). The fourth-order valence-corrected chi connectivity index (χ4v) is 1.84. The van der Waals surface area contributed by atoms with Gasteiger partial charge in [-0.1, -0.05) is 37.3 Å². The van der Waals surface area contributed by atoms with Crippen LogP contribution in [0.15, 0.2) is 59.6 Å². The zero-order valence-corrected chi connectivity index (χ0v) is 10.5. The van der Waals surface area contributed by atoms with Gasteiger partial charge in [0.2, 0.25) is 0 Å². The molecule has 0 amide bonds. The summed E-state index contributed by atoms with van der Waals surface area (Å²) in [5, 5.41) is 9.21. The molecule has 1 N–H and O–H groups in total. The smallest absolute Gasteiger partial charge is 0.115 e. The maximum absolute atomic E-state index is 9.21. The quantitative estimate of drug-likeness (QED) is 0.805. The highest BCUT2D eigenvalue weighted by atomic mass is 16.3. The number of rotatable bonds is 4. The van der Waals surface area contributed by atoms with Gasteiger partial charge in [-0.3, -0.25) is 4.99 Å². The van der Waals surface area contributed by atoms with Crippen molar-refractivity contribution in [1.82, 2.24) is 0 Å². The standard InChI is InChI=1S/C16H17NO/c1-2-16(14-6-4-3-5-7-14)17-12-13-8-10-15(18)11-9-13/h3-12,16,18H,2H2,1H3. The third kappa shape index (κ3) is 3.20. The molecular weight excluding hydrogens is 222 g/mol. The first-order chi connectivity index (χ1) is 8.79. The molecule has 0 aromatic heterocycles. The zero-order chi connectivity index (χ0) is 12.8. The first kappa shape index (κ1) is 12.4. The monoisotopic (exact) mass is 239 g/mol. The Labute approximate surface area is 108 Å². The lowest BCUT2D eigenvalue weighted by molar-refractivity contribution is 0.475. The van der Waals surface area contributed by atoms with Gasteiger partial charge in [0, 0.05) is 6.21 Å². The second-order valence-corrected chi connectivity index (χ2v) is 4.20. The number of hydrogen-bond acceptors (Lipinski definition) is 2. The van der Waals surface area contributed by atoms with Crippen molar-refractivity contribution in [2.24, 2.45) is 4.99 Å². The van der Waals surface area contributed by atoms with Gasteiger partial charge in [-0.2, -0.15) is 0 Å². The molecule has 0 saturated carbocycles. The highest BCUT2D eigenvalue weighted by Gasteiger charge is 2.04. The molecule has 0 spiro atoms. The van der Waals surface area contributed by atoms with Crippen LogP contribution in [0, 0.1) is 0 Å². The number of hydrogen-bond donors (Lipinski definition) is 1. The van der Waals surface area contributed by atoms with Gasteiger partial charge in [0.15, 0.2) is 0 Å².